The quantitative estimate of drug-likeness (QED) is 0.0217. The van der Waals surface area contributed by atoms with Gasteiger partial charge in [0.15, 0.2) is 22.8 Å². The van der Waals surface area contributed by atoms with Gasteiger partial charge in [0.1, 0.15) is 36.3 Å². The van der Waals surface area contributed by atoms with E-state index in [2.05, 4.69) is 89.8 Å². The Labute approximate surface area is 539 Å². The third-order valence-corrected chi connectivity index (χ3v) is 21.2. The predicted octanol–water partition coefficient (Wildman–Crippen LogP) is 11.3. The molecule has 0 saturated carbocycles. The third kappa shape index (κ3) is 31.8. The number of anilines is 1. The number of nitrogens with one attached hydrogen (secondary N) is 2. The number of fused-ring (bicyclic) bond motifs is 1. The van der Waals surface area contributed by atoms with Gasteiger partial charge in [0, 0.05) is 36.6 Å². The van der Waals surface area contributed by atoms with Crippen LogP contribution < -0.4 is 16.4 Å². The summed E-state index contributed by atoms with van der Waals surface area (Å²) in [6, 6.07) is 0. The summed E-state index contributed by atoms with van der Waals surface area (Å²) in [4.78, 5) is 90.0. The number of nitrogens with zero attached hydrogens (tertiary/aromatic N) is 4. The van der Waals surface area contributed by atoms with E-state index in [1.165, 1.54) is 122 Å². The maximum absolute atomic E-state index is 13.1. The lowest BCUT2D eigenvalue weighted by Gasteiger charge is -2.30. The molecule has 16 atom stereocenters. The van der Waals surface area contributed by atoms with Crippen molar-refractivity contribution in [1.82, 2.24) is 30.2 Å². The zero-order valence-electron chi connectivity index (χ0n) is 55.6. The molecule has 3 heterocycles. The minimum Gasteiger partial charge on any atom is -0.393 e. The van der Waals surface area contributed by atoms with Crippen LogP contribution in [0.1, 0.15) is 224 Å². The van der Waals surface area contributed by atoms with Crippen LogP contribution in [0, 0.1) is 52.8 Å². The van der Waals surface area contributed by atoms with E-state index in [4.69, 9.17) is 19.5 Å². The number of phosphoric ester groups is 3. The van der Waals surface area contributed by atoms with E-state index < -0.39 is 84.6 Å². The molecule has 90 heavy (non-hydrogen) atoms. The number of nitrogens with two attached hydrogens (primary N) is 1. The van der Waals surface area contributed by atoms with Crippen LogP contribution in [-0.2, 0) is 50.7 Å². The summed E-state index contributed by atoms with van der Waals surface area (Å²) < 4.78 is 62.9. The van der Waals surface area contributed by atoms with Crippen LogP contribution >= 0.6 is 35.2 Å². The molecule has 522 valence electrons. The average molecular weight is 1360 g/mol. The van der Waals surface area contributed by atoms with E-state index in [1.54, 1.807) is 0 Å². The Morgan fingerprint density at radius 3 is 1.77 bits per heavy atom. The molecule has 2 aromatic heterocycles. The maximum atomic E-state index is 13.1. The van der Waals surface area contributed by atoms with Gasteiger partial charge in [0.05, 0.1) is 25.6 Å². The van der Waals surface area contributed by atoms with Crippen LogP contribution in [-0.4, -0.2) is 134 Å². The van der Waals surface area contributed by atoms with Gasteiger partial charge in [-0.05, 0) is 92.8 Å². The molecule has 1 fully saturated rings. The van der Waals surface area contributed by atoms with Crippen LogP contribution in [0.5, 0.6) is 0 Å². The second-order valence-corrected chi connectivity index (χ2v) is 32.3. The lowest BCUT2D eigenvalue weighted by atomic mass is 9.80. The number of hydrogen-bond donors (Lipinski definition) is 10. The van der Waals surface area contributed by atoms with Crippen molar-refractivity contribution in [1.29, 1.82) is 0 Å². The van der Waals surface area contributed by atoms with Crippen LogP contribution in [0.3, 0.4) is 0 Å². The third-order valence-electron chi connectivity index (χ3n) is 17.0. The number of thioether (sulfide) groups is 1. The van der Waals surface area contributed by atoms with Crippen molar-refractivity contribution in [3.05, 3.63) is 12.7 Å². The van der Waals surface area contributed by atoms with Crippen molar-refractivity contribution in [2.24, 2.45) is 52.8 Å². The van der Waals surface area contributed by atoms with Crippen molar-refractivity contribution in [3.63, 3.8) is 0 Å². The number of aliphatic hydroxyl groups is 3. The first kappa shape index (κ1) is 81.8. The van der Waals surface area contributed by atoms with E-state index >= 15 is 0 Å². The Morgan fingerprint density at radius 1 is 0.711 bits per heavy atom. The molecule has 25 nitrogen and oxygen atoms in total. The number of nitrogen functional groups attached to an aromatic ring is 1. The van der Waals surface area contributed by atoms with Gasteiger partial charge in [0.25, 0.3) is 0 Å². The second-order valence-electron chi connectivity index (χ2n) is 27.0. The maximum Gasteiger partial charge on any atom is 0.481 e. The van der Waals surface area contributed by atoms with Gasteiger partial charge in [-0.2, -0.15) is 4.31 Å². The Hall–Kier alpha value is -2.48. The highest BCUT2D eigenvalue weighted by atomic mass is 32.2. The van der Waals surface area contributed by atoms with Gasteiger partial charge >= 0.3 is 23.5 Å². The van der Waals surface area contributed by atoms with Crippen LogP contribution in [0.2, 0.25) is 0 Å². The molecule has 1 aliphatic rings. The molecule has 1 aliphatic heterocycles. The molecular formula is C61H114N7O18P3S. The molecular weight excluding hydrogens is 1240 g/mol. The van der Waals surface area contributed by atoms with Crippen LogP contribution in [0.15, 0.2) is 12.7 Å². The van der Waals surface area contributed by atoms with Crippen molar-refractivity contribution >= 4 is 69.1 Å². The van der Waals surface area contributed by atoms with E-state index in [1.807, 2.05) is 6.92 Å². The van der Waals surface area contributed by atoms with E-state index in [-0.39, 0.29) is 53.6 Å². The molecule has 3 rings (SSSR count). The molecule has 2 aromatic rings. The number of rotatable bonds is 49. The fraction of sp³-hybridized carbons (Fsp3) is 0.869. The molecule has 0 radical (unpaired) electrons. The molecule has 29 heteroatoms. The first-order valence-corrected chi connectivity index (χ1v) is 38.4. The largest absolute Gasteiger partial charge is 0.481 e. The molecule has 0 aromatic carbocycles. The van der Waals surface area contributed by atoms with Gasteiger partial charge in [-0.1, -0.05) is 171 Å². The zero-order valence-corrected chi connectivity index (χ0v) is 59.1. The van der Waals surface area contributed by atoms with Gasteiger partial charge in [-0.3, -0.25) is 32.5 Å². The smallest absolute Gasteiger partial charge is 0.393 e. The fourth-order valence-electron chi connectivity index (χ4n) is 12.6. The molecule has 11 N–H and O–H groups in total. The highest BCUT2D eigenvalue weighted by Gasteiger charge is 2.50. The van der Waals surface area contributed by atoms with E-state index in [0.29, 0.717) is 47.2 Å². The van der Waals surface area contributed by atoms with E-state index in [0.717, 1.165) is 55.7 Å². The van der Waals surface area contributed by atoms with Gasteiger partial charge in [-0.25, -0.2) is 28.6 Å². The number of aromatic nitrogens is 4. The molecule has 0 bridgehead atoms. The molecule has 2 unspecified atom stereocenters. The number of aliphatic hydroxyl groups excluding tert-OH is 3. The van der Waals surface area contributed by atoms with E-state index in [9.17, 15) is 63.0 Å². The standard InChI is InChI=1S/C61H114N7O18P3S/c1-12-13-14-15-16-17-18-19-20-21-22-23-24-25-49(69)47(8)35-45(6)33-43(4)31-41(2)30-42(3)32-44(5)34-46(7)36-48(9)60(74)90-29-28-63-51(70)26-27-64-58(73)55(72)61(10,11)38-83-89(80,81)86-88(78,79)82-37-50-54(85-87(75,76)77)53(71)59(84-50)68-40-67-52-56(62)65-39-66-57(52)68/h39-50,53-55,59,69,71-72H,12-38H2,1-11H3,(H,63,70)(H,64,73)(H,78,79)(H,80,81)(H2,62,65,66)(H2,75,76,77)/t41-,42+,43-,44+,45-,46+,47-,48+,49-,50-,53-,54-,55+,59-/m1/s1. The summed E-state index contributed by atoms with van der Waals surface area (Å²) >= 11 is 1.17. The van der Waals surface area contributed by atoms with Crippen molar-refractivity contribution < 1.29 is 85.6 Å². The summed E-state index contributed by atoms with van der Waals surface area (Å²) in [6.07, 6.45) is 18.8. The summed E-state index contributed by atoms with van der Waals surface area (Å²) in [7, 11) is -16.5. The summed E-state index contributed by atoms with van der Waals surface area (Å²) in [6.45, 7) is 21.0. The Morgan fingerprint density at radius 2 is 1.22 bits per heavy atom. The second kappa shape index (κ2) is 40.8. The Kier molecular flexibility index (Phi) is 37.1. The van der Waals surface area contributed by atoms with Crippen molar-refractivity contribution in [3.8, 4) is 0 Å². The normalized spacial score (nSPS) is 21.3. The van der Waals surface area contributed by atoms with Crippen molar-refractivity contribution in [2.45, 2.75) is 254 Å². The van der Waals surface area contributed by atoms with Gasteiger partial charge < -0.3 is 56.0 Å². The highest BCUT2D eigenvalue weighted by molar-refractivity contribution is 8.13. The first-order chi connectivity index (χ1) is 42.1. The number of imidazole rings is 1. The number of phosphoric acid groups is 3. The van der Waals surface area contributed by atoms with Crippen LogP contribution in [0.4, 0.5) is 5.82 Å². The number of ether oxygens (including phenoxy) is 1. The molecule has 0 aliphatic carbocycles. The first-order valence-electron chi connectivity index (χ1n) is 32.9. The SMILES string of the molecule is CCCCCCCCCCCCCCC[C@@H](O)[C@H](C)C[C@H](C)C[C@H](C)C[C@H](C)C[C@H](C)C[C@H](C)C[C@H](C)C[C@H](C)C(=O)SCCNC(=O)CCNC(=O)[C@H](O)C(C)(C)COP(=O)(O)OP(=O)(O)OC[C@H]1O[C@@H](n2cnc3c(N)ncnc32)[C@H](O)[C@@H]1OP(=O)(O)O. The summed E-state index contributed by atoms with van der Waals surface area (Å²) in [5.74, 6) is 2.50. The number of carbonyl (C=O) groups excluding carboxylic acids is 3. The monoisotopic (exact) mass is 1360 g/mol. The highest BCUT2D eigenvalue weighted by Crippen LogP contribution is 2.61. The minimum atomic E-state index is -5.60. The van der Waals surface area contributed by atoms with Crippen molar-refractivity contribution in [2.75, 3.05) is 37.8 Å². The summed E-state index contributed by atoms with van der Waals surface area (Å²) in [5, 5.41) is 37.9. The lowest BCUT2D eigenvalue weighted by Crippen LogP contribution is -2.46. The molecule has 2 amide bonds. The number of hydrogen-bond acceptors (Lipinski definition) is 19. The fourth-order valence-corrected chi connectivity index (χ4v) is 16.2. The number of carbonyl (C=O) groups is 3. The summed E-state index contributed by atoms with van der Waals surface area (Å²) in [5.41, 5.74) is 4.29. The number of unbranched alkanes of at least 4 members (excludes halogenated alkanes) is 12. The van der Waals surface area contributed by atoms with Gasteiger partial charge in [-0.15, -0.1) is 0 Å². The van der Waals surface area contributed by atoms with Crippen LogP contribution in [0.25, 0.3) is 11.2 Å². The topological polar surface area (TPSA) is 384 Å². The zero-order chi connectivity index (χ0) is 67.4. The lowest BCUT2D eigenvalue weighted by molar-refractivity contribution is -0.137. The average Bonchev–Trinajstić information content (AvgIpc) is 1.62. The molecule has 0 spiro atoms. The Balaban J connectivity index is 1.26. The predicted molar refractivity (Wildman–Crippen MR) is 349 cm³/mol. The van der Waals surface area contributed by atoms with Gasteiger partial charge in [0.2, 0.25) is 11.8 Å². The number of amides is 2. The minimum absolute atomic E-state index is 0.0315. The molecule has 1 saturated heterocycles. The Bertz CT molecular complexity index is 2570.